The smallest absolute Gasteiger partial charge is 0.253 e. The van der Waals surface area contributed by atoms with Crippen molar-refractivity contribution in [1.29, 1.82) is 0 Å². The number of aryl methyl sites for hydroxylation is 1. The highest BCUT2D eigenvalue weighted by molar-refractivity contribution is 6.30. The first-order valence-electron chi connectivity index (χ1n) is 9.87. The second-order valence-electron chi connectivity index (χ2n) is 7.48. The monoisotopic (exact) mass is 414 g/mol. The molecule has 0 spiro atoms. The molecule has 2 amide bonds. The Morgan fingerprint density at radius 3 is 2.62 bits per heavy atom. The lowest BCUT2D eigenvalue weighted by molar-refractivity contribution is -0.124. The summed E-state index contributed by atoms with van der Waals surface area (Å²) in [5.74, 6) is -0.447. The summed E-state index contributed by atoms with van der Waals surface area (Å²) in [6.45, 7) is 4.09. The highest BCUT2D eigenvalue weighted by atomic mass is 35.5. The van der Waals surface area contributed by atoms with Crippen molar-refractivity contribution in [3.05, 3.63) is 70.2 Å². The van der Waals surface area contributed by atoms with Gasteiger partial charge in [0.1, 0.15) is 0 Å². The molecule has 0 saturated carbocycles. The Labute approximate surface area is 177 Å². The summed E-state index contributed by atoms with van der Waals surface area (Å²) in [6, 6.07) is 15.1. The predicted octanol–water partition coefficient (Wildman–Crippen LogP) is 3.66. The molecule has 2 unspecified atom stereocenters. The van der Waals surface area contributed by atoms with E-state index in [1.165, 1.54) is 5.56 Å². The van der Waals surface area contributed by atoms with E-state index in [1.54, 1.807) is 36.3 Å². The normalized spacial score (nSPS) is 18.7. The van der Waals surface area contributed by atoms with Crippen molar-refractivity contribution in [3.63, 3.8) is 0 Å². The van der Waals surface area contributed by atoms with E-state index >= 15 is 0 Å². The van der Waals surface area contributed by atoms with Crippen molar-refractivity contribution in [2.45, 2.75) is 19.3 Å². The summed E-state index contributed by atoms with van der Waals surface area (Å²) in [6.07, 6.45) is 0.759. The average Bonchev–Trinajstić information content (AvgIpc) is 3.16. The van der Waals surface area contributed by atoms with Crippen LogP contribution < -0.4 is 5.32 Å². The SMILES string of the molecule is COCCCNC(=O)C1CN(C(=O)c2cccc(Cl)c2)CC1c1ccc(C)cc1. The van der Waals surface area contributed by atoms with Crippen molar-refractivity contribution < 1.29 is 14.3 Å². The molecule has 2 aromatic carbocycles. The zero-order valence-electron chi connectivity index (χ0n) is 16.9. The van der Waals surface area contributed by atoms with Gasteiger partial charge in [0.25, 0.3) is 5.91 Å². The summed E-state index contributed by atoms with van der Waals surface area (Å²) < 4.78 is 5.04. The highest BCUT2D eigenvalue weighted by Gasteiger charge is 2.40. The van der Waals surface area contributed by atoms with Gasteiger partial charge in [-0.25, -0.2) is 0 Å². The molecule has 1 heterocycles. The van der Waals surface area contributed by atoms with E-state index < -0.39 is 0 Å². The number of nitrogens with one attached hydrogen (secondary N) is 1. The minimum Gasteiger partial charge on any atom is -0.385 e. The third-order valence-electron chi connectivity index (χ3n) is 5.35. The number of rotatable bonds is 7. The first-order chi connectivity index (χ1) is 14.0. The van der Waals surface area contributed by atoms with E-state index in [0.29, 0.717) is 36.8 Å². The van der Waals surface area contributed by atoms with Crippen molar-refractivity contribution in [2.24, 2.45) is 5.92 Å². The molecule has 2 aromatic rings. The third kappa shape index (κ3) is 5.37. The number of ether oxygens (including phenoxy) is 1. The Bertz CT molecular complexity index is 853. The number of carbonyl (C=O) groups is 2. The maximum Gasteiger partial charge on any atom is 0.253 e. The number of halogens is 1. The van der Waals surface area contributed by atoms with Gasteiger partial charge >= 0.3 is 0 Å². The fourth-order valence-corrected chi connectivity index (χ4v) is 3.94. The van der Waals surface area contributed by atoms with E-state index in [1.807, 2.05) is 19.1 Å². The molecule has 1 aliphatic heterocycles. The number of nitrogens with zero attached hydrogens (tertiary/aromatic N) is 1. The van der Waals surface area contributed by atoms with Crippen LogP contribution in [0.25, 0.3) is 0 Å². The number of amides is 2. The van der Waals surface area contributed by atoms with Crippen LogP contribution in [-0.4, -0.2) is 50.1 Å². The lowest BCUT2D eigenvalue weighted by Gasteiger charge is -2.18. The molecule has 1 aliphatic rings. The van der Waals surface area contributed by atoms with Crippen LogP contribution in [0.3, 0.4) is 0 Å². The van der Waals surface area contributed by atoms with Gasteiger partial charge in [-0.1, -0.05) is 47.5 Å². The van der Waals surface area contributed by atoms with Gasteiger partial charge in [-0.3, -0.25) is 9.59 Å². The fraction of sp³-hybridized carbons (Fsp3) is 0.391. The first kappa shape index (κ1) is 21.3. The molecule has 29 heavy (non-hydrogen) atoms. The van der Waals surface area contributed by atoms with Crippen molar-refractivity contribution >= 4 is 23.4 Å². The molecule has 0 radical (unpaired) electrons. The van der Waals surface area contributed by atoms with Gasteiger partial charge in [0, 0.05) is 49.9 Å². The summed E-state index contributed by atoms with van der Waals surface area (Å²) in [4.78, 5) is 27.7. The minimum atomic E-state index is -0.289. The van der Waals surface area contributed by atoms with E-state index in [9.17, 15) is 9.59 Å². The number of hydrogen-bond acceptors (Lipinski definition) is 3. The molecular weight excluding hydrogens is 388 g/mol. The van der Waals surface area contributed by atoms with Gasteiger partial charge < -0.3 is 15.0 Å². The Kier molecular flexibility index (Phi) is 7.29. The lowest BCUT2D eigenvalue weighted by atomic mass is 9.88. The van der Waals surface area contributed by atoms with E-state index in [4.69, 9.17) is 16.3 Å². The Morgan fingerprint density at radius 1 is 1.17 bits per heavy atom. The number of benzene rings is 2. The predicted molar refractivity (Wildman–Crippen MR) is 114 cm³/mol. The Morgan fingerprint density at radius 2 is 1.93 bits per heavy atom. The molecule has 1 N–H and O–H groups in total. The van der Waals surface area contributed by atoms with Crippen LogP contribution in [0.1, 0.15) is 33.8 Å². The first-order valence-corrected chi connectivity index (χ1v) is 10.3. The summed E-state index contributed by atoms with van der Waals surface area (Å²) >= 11 is 6.05. The summed E-state index contributed by atoms with van der Waals surface area (Å²) in [5.41, 5.74) is 2.79. The fourth-order valence-electron chi connectivity index (χ4n) is 3.75. The third-order valence-corrected chi connectivity index (χ3v) is 5.58. The maximum atomic E-state index is 13.0. The molecule has 3 rings (SSSR count). The van der Waals surface area contributed by atoms with Gasteiger partial charge in [-0.15, -0.1) is 0 Å². The van der Waals surface area contributed by atoms with Crippen LogP contribution in [0, 0.1) is 12.8 Å². The molecule has 6 heteroatoms. The van der Waals surface area contributed by atoms with Crippen molar-refractivity contribution in [3.8, 4) is 0 Å². The Hall–Kier alpha value is -2.37. The van der Waals surface area contributed by atoms with Crippen LogP contribution in [0.4, 0.5) is 0 Å². The van der Waals surface area contributed by atoms with E-state index in [-0.39, 0.29) is 23.7 Å². The van der Waals surface area contributed by atoms with Gasteiger partial charge in [0.15, 0.2) is 0 Å². The molecule has 154 valence electrons. The molecule has 1 saturated heterocycles. The van der Waals surface area contributed by atoms with Crippen LogP contribution >= 0.6 is 11.6 Å². The van der Waals surface area contributed by atoms with Crippen LogP contribution in [-0.2, 0) is 9.53 Å². The lowest BCUT2D eigenvalue weighted by Crippen LogP contribution is -2.36. The standard InChI is InChI=1S/C23H27ClN2O3/c1-16-7-9-17(10-8-16)20-14-26(23(28)18-5-3-6-19(24)13-18)15-21(20)22(27)25-11-4-12-29-2/h3,5-10,13,20-21H,4,11-12,14-15H2,1-2H3,(H,25,27). The molecule has 0 aromatic heterocycles. The number of carbonyl (C=O) groups excluding carboxylic acids is 2. The van der Waals surface area contributed by atoms with Crippen LogP contribution in [0.15, 0.2) is 48.5 Å². The van der Waals surface area contributed by atoms with Crippen molar-refractivity contribution in [1.82, 2.24) is 10.2 Å². The largest absolute Gasteiger partial charge is 0.385 e. The van der Waals surface area contributed by atoms with Gasteiger partial charge in [-0.05, 0) is 37.1 Å². The molecular formula is C23H27ClN2O3. The second kappa shape index (κ2) is 9.90. The maximum absolute atomic E-state index is 13.0. The van der Waals surface area contributed by atoms with Crippen LogP contribution in [0.2, 0.25) is 5.02 Å². The highest BCUT2D eigenvalue weighted by Crippen LogP contribution is 2.34. The second-order valence-corrected chi connectivity index (χ2v) is 7.92. The molecule has 2 atom stereocenters. The molecule has 0 bridgehead atoms. The summed E-state index contributed by atoms with van der Waals surface area (Å²) in [5, 5.41) is 3.53. The molecule has 1 fully saturated rings. The molecule has 5 nitrogen and oxygen atoms in total. The van der Waals surface area contributed by atoms with Gasteiger partial charge in [0.05, 0.1) is 5.92 Å². The minimum absolute atomic E-state index is 0.0203. The summed E-state index contributed by atoms with van der Waals surface area (Å²) in [7, 11) is 1.64. The zero-order chi connectivity index (χ0) is 20.8. The van der Waals surface area contributed by atoms with E-state index in [2.05, 4.69) is 17.4 Å². The quantitative estimate of drug-likeness (QED) is 0.703. The van der Waals surface area contributed by atoms with Gasteiger partial charge in [-0.2, -0.15) is 0 Å². The Balaban J connectivity index is 1.78. The average molecular weight is 415 g/mol. The zero-order valence-corrected chi connectivity index (χ0v) is 17.6. The number of likely N-dealkylation sites (tertiary alicyclic amines) is 1. The van der Waals surface area contributed by atoms with Crippen molar-refractivity contribution in [2.75, 3.05) is 33.4 Å². The number of methoxy groups -OCH3 is 1. The van der Waals surface area contributed by atoms with Crippen LogP contribution in [0.5, 0.6) is 0 Å². The topological polar surface area (TPSA) is 58.6 Å². The van der Waals surface area contributed by atoms with Gasteiger partial charge in [0.2, 0.25) is 5.91 Å². The number of hydrogen-bond donors (Lipinski definition) is 1. The van der Waals surface area contributed by atoms with E-state index in [0.717, 1.165) is 12.0 Å². The molecule has 0 aliphatic carbocycles.